The molecule has 5 heteroatoms. The summed E-state index contributed by atoms with van der Waals surface area (Å²) in [6.07, 6.45) is 3.28. The molecule has 1 saturated carbocycles. The van der Waals surface area contributed by atoms with E-state index in [2.05, 4.69) is 0 Å². The molecule has 1 aliphatic carbocycles. The van der Waals surface area contributed by atoms with Crippen LogP contribution >= 0.6 is 0 Å². The Bertz CT molecular complexity index is 170. The van der Waals surface area contributed by atoms with Gasteiger partial charge in [0.25, 0.3) is 0 Å². The first kappa shape index (κ1) is 12.3. The van der Waals surface area contributed by atoms with Crippen LogP contribution in [-0.4, -0.2) is 32.7 Å². The molecule has 0 bridgehead atoms. The van der Waals surface area contributed by atoms with Crippen molar-refractivity contribution in [2.24, 2.45) is 0 Å². The predicted molar refractivity (Wildman–Crippen MR) is 49.4 cm³/mol. The van der Waals surface area contributed by atoms with Gasteiger partial charge in [-0.25, -0.2) is 0 Å². The van der Waals surface area contributed by atoms with Gasteiger partial charge < -0.3 is 0 Å². The van der Waals surface area contributed by atoms with E-state index in [0.29, 0.717) is 13.0 Å². The molecule has 1 rings (SSSR count). The van der Waals surface area contributed by atoms with Gasteiger partial charge in [0.05, 0.1) is 0 Å². The summed E-state index contributed by atoms with van der Waals surface area (Å²) in [7, 11) is 0. The Morgan fingerprint density at radius 2 is 1.93 bits per heavy atom. The van der Waals surface area contributed by atoms with E-state index in [-0.39, 0.29) is 10.9 Å². The van der Waals surface area contributed by atoms with Gasteiger partial charge in [-0.2, -0.15) is 0 Å². The van der Waals surface area contributed by atoms with Crippen LogP contribution in [0.3, 0.4) is 0 Å². The predicted octanol–water partition coefficient (Wildman–Crippen LogP) is 2.98. The van der Waals surface area contributed by atoms with Crippen LogP contribution in [0, 0.1) is 0 Å². The Balaban J connectivity index is 2.45. The molecule has 1 aliphatic rings. The molecule has 0 N–H and O–H groups in total. The number of hydrogen-bond acceptors (Lipinski definition) is 1. The van der Waals surface area contributed by atoms with Crippen molar-refractivity contribution < 1.29 is 17.9 Å². The van der Waals surface area contributed by atoms with E-state index in [4.69, 9.17) is 4.74 Å². The zero-order chi connectivity index (χ0) is 10.6. The van der Waals surface area contributed by atoms with Crippen molar-refractivity contribution in [3.8, 4) is 0 Å². The van der Waals surface area contributed by atoms with Crippen LogP contribution in [0.4, 0.5) is 13.2 Å². The second kappa shape index (κ2) is 5.38. The Hall–Kier alpha value is 0.269. The second-order valence-corrected chi connectivity index (χ2v) is 6.12. The fraction of sp³-hybridized carbons (Fsp3) is 1.00. The minimum atomic E-state index is -3.98. The van der Waals surface area contributed by atoms with E-state index < -0.39 is 20.0 Å². The molecule has 14 heavy (non-hydrogen) atoms. The Kier molecular flexibility index (Phi) is 4.74. The van der Waals surface area contributed by atoms with Crippen molar-refractivity contribution in [1.29, 1.82) is 0 Å². The van der Waals surface area contributed by atoms with Crippen LogP contribution < -0.4 is 0 Å². The van der Waals surface area contributed by atoms with Gasteiger partial charge in [0.1, 0.15) is 0 Å². The standard InChI is InChI=1S/C9H15F3OSe/c1-2-13-7-5-3-4-6-8(7)14-9(10,11)12/h7-8H,2-6H2,1H3/t7-,8-/m0/s1. The molecule has 84 valence electrons. The third kappa shape index (κ3) is 4.20. The average molecular weight is 275 g/mol. The molecule has 0 aromatic rings. The zero-order valence-corrected chi connectivity index (χ0v) is 9.85. The molecule has 1 nitrogen and oxygen atoms in total. The normalized spacial score (nSPS) is 29.1. The number of rotatable bonds is 3. The van der Waals surface area contributed by atoms with Crippen molar-refractivity contribution >= 4 is 15.0 Å². The average Bonchev–Trinajstić information content (AvgIpc) is 2.06. The van der Waals surface area contributed by atoms with Crippen LogP contribution in [0.25, 0.3) is 0 Å². The van der Waals surface area contributed by atoms with Gasteiger partial charge in [0, 0.05) is 0 Å². The molecule has 0 heterocycles. The maximum absolute atomic E-state index is 12.2. The Morgan fingerprint density at radius 1 is 1.29 bits per heavy atom. The fourth-order valence-corrected chi connectivity index (χ4v) is 3.86. The third-order valence-electron chi connectivity index (χ3n) is 2.31. The topological polar surface area (TPSA) is 9.23 Å². The summed E-state index contributed by atoms with van der Waals surface area (Å²) in [5.74, 6) is 0. The summed E-state index contributed by atoms with van der Waals surface area (Å²) in [4.78, 5) is -0.254. The fourth-order valence-electron chi connectivity index (χ4n) is 1.77. The molecule has 0 aromatic carbocycles. The summed E-state index contributed by atoms with van der Waals surface area (Å²) in [5, 5.41) is -3.98. The molecule has 0 aliphatic heterocycles. The van der Waals surface area contributed by atoms with E-state index in [0.717, 1.165) is 19.3 Å². The zero-order valence-electron chi connectivity index (χ0n) is 8.14. The number of hydrogen-bond donors (Lipinski definition) is 0. The van der Waals surface area contributed by atoms with E-state index >= 15 is 0 Å². The number of halogens is 3. The summed E-state index contributed by atoms with van der Waals surface area (Å²) >= 11 is -1.27. The molecule has 0 amide bonds. The SMILES string of the molecule is CCO[C@H]1CCCC[C@@H]1[Se]C(F)(F)F. The van der Waals surface area contributed by atoms with Crippen LogP contribution in [0.15, 0.2) is 0 Å². The first-order chi connectivity index (χ1) is 6.53. The Labute approximate surface area is 88.5 Å². The second-order valence-electron chi connectivity index (χ2n) is 3.38. The molecular formula is C9H15F3OSe. The van der Waals surface area contributed by atoms with Crippen LogP contribution in [0.5, 0.6) is 0 Å². The Morgan fingerprint density at radius 3 is 2.50 bits per heavy atom. The summed E-state index contributed by atoms with van der Waals surface area (Å²) in [6.45, 7) is 2.36. The van der Waals surface area contributed by atoms with E-state index in [1.54, 1.807) is 0 Å². The molecule has 0 spiro atoms. The summed E-state index contributed by atoms with van der Waals surface area (Å²) in [5.41, 5.74) is 0. The summed E-state index contributed by atoms with van der Waals surface area (Å²) in [6, 6.07) is 0. The van der Waals surface area contributed by atoms with Gasteiger partial charge in [-0.15, -0.1) is 0 Å². The minimum absolute atomic E-state index is 0.143. The van der Waals surface area contributed by atoms with Crippen molar-refractivity contribution in [1.82, 2.24) is 0 Å². The van der Waals surface area contributed by atoms with Gasteiger partial charge in [0.2, 0.25) is 0 Å². The van der Waals surface area contributed by atoms with Crippen molar-refractivity contribution in [2.45, 2.75) is 48.6 Å². The van der Waals surface area contributed by atoms with E-state index in [1.165, 1.54) is 0 Å². The van der Waals surface area contributed by atoms with Gasteiger partial charge in [0.15, 0.2) is 0 Å². The van der Waals surface area contributed by atoms with Crippen molar-refractivity contribution in [3.05, 3.63) is 0 Å². The monoisotopic (exact) mass is 276 g/mol. The quantitative estimate of drug-likeness (QED) is 0.719. The molecule has 0 aromatic heterocycles. The van der Waals surface area contributed by atoms with Crippen LogP contribution in [-0.2, 0) is 4.74 Å². The van der Waals surface area contributed by atoms with Gasteiger partial charge >= 0.3 is 88.1 Å². The number of alkyl halides is 3. The van der Waals surface area contributed by atoms with Gasteiger partial charge in [-0.05, 0) is 0 Å². The first-order valence-electron chi connectivity index (χ1n) is 4.89. The van der Waals surface area contributed by atoms with Crippen LogP contribution in [0.1, 0.15) is 32.6 Å². The maximum atomic E-state index is 12.2. The molecular weight excluding hydrogens is 260 g/mol. The third-order valence-corrected chi connectivity index (χ3v) is 4.64. The van der Waals surface area contributed by atoms with E-state index in [9.17, 15) is 13.2 Å². The molecule has 0 unspecified atom stereocenters. The van der Waals surface area contributed by atoms with Gasteiger partial charge in [-0.1, -0.05) is 0 Å². The molecule has 0 saturated heterocycles. The van der Waals surface area contributed by atoms with Crippen LogP contribution in [0.2, 0.25) is 4.82 Å². The van der Waals surface area contributed by atoms with Crippen molar-refractivity contribution in [3.63, 3.8) is 0 Å². The van der Waals surface area contributed by atoms with Gasteiger partial charge in [-0.3, -0.25) is 0 Å². The first-order valence-corrected chi connectivity index (χ1v) is 6.73. The summed E-state index contributed by atoms with van der Waals surface area (Å²) < 4.78 is 42.0. The molecule has 1 fully saturated rings. The molecule has 0 radical (unpaired) electrons. The van der Waals surface area contributed by atoms with E-state index in [1.807, 2.05) is 6.92 Å². The van der Waals surface area contributed by atoms with Crippen molar-refractivity contribution in [2.75, 3.05) is 6.61 Å². The number of ether oxygens (including phenoxy) is 1. The molecule has 2 atom stereocenters.